The summed E-state index contributed by atoms with van der Waals surface area (Å²) in [5, 5.41) is 17.2. The molecule has 0 spiro atoms. The van der Waals surface area contributed by atoms with Crippen molar-refractivity contribution in [1.82, 2.24) is 26.3 Å². The molecule has 0 bridgehead atoms. The lowest BCUT2D eigenvalue weighted by Gasteiger charge is -2.33. The van der Waals surface area contributed by atoms with Gasteiger partial charge in [0.1, 0.15) is 24.2 Å². The predicted molar refractivity (Wildman–Crippen MR) is 139 cm³/mol. The van der Waals surface area contributed by atoms with Crippen LogP contribution in [0.3, 0.4) is 0 Å². The van der Waals surface area contributed by atoms with Gasteiger partial charge in [0.2, 0.25) is 29.5 Å². The van der Waals surface area contributed by atoms with Crippen LogP contribution in [0.5, 0.6) is 0 Å². The zero-order chi connectivity index (χ0) is 27.7. The summed E-state index contributed by atoms with van der Waals surface area (Å²) in [6, 6.07) is 5.89. The van der Waals surface area contributed by atoms with E-state index in [4.69, 9.17) is 5.21 Å². The van der Waals surface area contributed by atoms with Crippen LogP contribution >= 0.6 is 0 Å². The molecule has 1 aromatic carbocycles. The van der Waals surface area contributed by atoms with E-state index < -0.39 is 41.9 Å². The fourth-order valence-electron chi connectivity index (χ4n) is 4.98. The molecule has 2 aliphatic heterocycles. The van der Waals surface area contributed by atoms with E-state index in [2.05, 4.69) is 16.0 Å². The molecule has 4 unspecified atom stereocenters. The van der Waals surface area contributed by atoms with Crippen molar-refractivity contribution in [2.75, 3.05) is 6.54 Å². The fraction of sp³-hybridized carbons (Fsp3) is 0.593. The van der Waals surface area contributed by atoms with Crippen molar-refractivity contribution in [2.45, 2.75) is 89.4 Å². The maximum Gasteiger partial charge on any atom is 0.246 e. The standard InChI is InChI=1S/C27H39N5O6/c1-17(2)23-27(37)32-15-9-13-21(32)26(36)28-19(12-7-4-8-14-22(33)31-38)24(34)29-20(25(35)30-23)16-18-10-5-3-6-11-18/h3,5-6,10-11,17,19-21,23,38H,4,7-9,12-16H2,1-2H3,(H,28,36)(H,29,34)(H,30,35)(H,31,33). The summed E-state index contributed by atoms with van der Waals surface area (Å²) in [5.74, 6) is -2.31. The highest BCUT2D eigenvalue weighted by Gasteiger charge is 2.41. The summed E-state index contributed by atoms with van der Waals surface area (Å²) in [4.78, 5) is 66.4. The van der Waals surface area contributed by atoms with Crippen molar-refractivity contribution in [2.24, 2.45) is 5.92 Å². The summed E-state index contributed by atoms with van der Waals surface area (Å²) in [5.41, 5.74) is 2.43. The molecule has 5 N–H and O–H groups in total. The van der Waals surface area contributed by atoms with Gasteiger partial charge in [0.25, 0.3) is 0 Å². The Hall–Kier alpha value is -3.47. The Bertz CT molecular complexity index is 1000. The van der Waals surface area contributed by atoms with E-state index in [0.717, 1.165) is 5.56 Å². The number of hydroxylamine groups is 1. The maximum absolute atomic E-state index is 13.5. The molecule has 5 amide bonds. The first kappa shape index (κ1) is 29.1. The number of benzene rings is 1. The topological polar surface area (TPSA) is 157 Å². The highest BCUT2D eigenvalue weighted by atomic mass is 16.5. The van der Waals surface area contributed by atoms with Gasteiger partial charge in [-0.2, -0.15) is 0 Å². The average molecular weight is 530 g/mol. The Morgan fingerprint density at radius 2 is 1.66 bits per heavy atom. The SMILES string of the molecule is CC(C)C1NC(=O)C(Cc2ccccc2)NC(=O)C(CCCCCC(=O)NO)NC(=O)C2CCCN2C1=O. The second-order valence-corrected chi connectivity index (χ2v) is 10.4. The zero-order valence-corrected chi connectivity index (χ0v) is 22.1. The van der Waals surface area contributed by atoms with E-state index >= 15 is 0 Å². The summed E-state index contributed by atoms with van der Waals surface area (Å²) in [7, 11) is 0. The monoisotopic (exact) mass is 529 g/mol. The van der Waals surface area contributed by atoms with Crippen LogP contribution in [0, 0.1) is 5.92 Å². The number of hydrogen-bond acceptors (Lipinski definition) is 6. The van der Waals surface area contributed by atoms with Gasteiger partial charge in [-0.25, -0.2) is 5.48 Å². The second kappa shape index (κ2) is 13.9. The van der Waals surface area contributed by atoms with Crippen molar-refractivity contribution in [3.63, 3.8) is 0 Å². The van der Waals surface area contributed by atoms with Crippen LogP contribution in [-0.4, -0.2) is 70.4 Å². The number of unbranched alkanes of at least 4 members (excludes halogenated alkanes) is 2. The van der Waals surface area contributed by atoms with Crippen LogP contribution in [-0.2, 0) is 30.4 Å². The quantitative estimate of drug-likeness (QED) is 0.181. The van der Waals surface area contributed by atoms with Crippen LogP contribution in [0.25, 0.3) is 0 Å². The minimum atomic E-state index is -0.944. The van der Waals surface area contributed by atoms with Gasteiger partial charge < -0.3 is 20.9 Å². The van der Waals surface area contributed by atoms with E-state index in [1.165, 1.54) is 4.90 Å². The molecule has 2 saturated heterocycles. The van der Waals surface area contributed by atoms with Crippen molar-refractivity contribution < 1.29 is 29.2 Å². The number of fused-ring (bicyclic) bond motifs is 1. The minimum absolute atomic E-state index is 0.148. The lowest BCUT2D eigenvalue weighted by atomic mass is 9.98. The third-order valence-corrected chi connectivity index (χ3v) is 7.14. The smallest absolute Gasteiger partial charge is 0.246 e. The summed E-state index contributed by atoms with van der Waals surface area (Å²) < 4.78 is 0. The van der Waals surface area contributed by atoms with Gasteiger partial charge >= 0.3 is 0 Å². The third-order valence-electron chi connectivity index (χ3n) is 7.14. The van der Waals surface area contributed by atoms with Crippen molar-refractivity contribution in [3.05, 3.63) is 35.9 Å². The van der Waals surface area contributed by atoms with Gasteiger partial charge in [-0.15, -0.1) is 0 Å². The largest absolute Gasteiger partial charge is 0.343 e. The summed E-state index contributed by atoms with van der Waals surface area (Å²) in [6.07, 6.45) is 3.46. The molecular formula is C27H39N5O6. The van der Waals surface area contributed by atoms with Crippen molar-refractivity contribution in [1.29, 1.82) is 0 Å². The molecule has 208 valence electrons. The van der Waals surface area contributed by atoms with E-state index in [1.54, 1.807) is 5.48 Å². The van der Waals surface area contributed by atoms with E-state index in [9.17, 15) is 24.0 Å². The van der Waals surface area contributed by atoms with Gasteiger partial charge in [0.05, 0.1) is 0 Å². The molecule has 2 fully saturated rings. The Balaban J connectivity index is 1.84. The van der Waals surface area contributed by atoms with Gasteiger partial charge in [-0.05, 0) is 37.2 Å². The van der Waals surface area contributed by atoms with Crippen LogP contribution in [0.1, 0.15) is 64.4 Å². The van der Waals surface area contributed by atoms with Crippen LogP contribution in [0.15, 0.2) is 30.3 Å². The van der Waals surface area contributed by atoms with Gasteiger partial charge in [0, 0.05) is 19.4 Å². The number of rotatable bonds is 9. The zero-order valence-electron chi connectivity index (χ0n) is 22.1. The van der Waals surface area contributed by atoms with E-state index in [-0.39, 0.29) is 30.6 Å². The number of amides is 5. The van der Waals surface area contributed by atoms with Crippen molar-refractivity contribution in [3.8, 4) is 0 Å². The maximum atomic E-state index is 13.5. The molecule has 2 heterocycles. The van der Waals surface area contributed by atoms with E-state index in [1.807, 2.05) is 44.2 Å². The molecule has 11 heteroatoms. The van der Waals surface area contributed by atoms with Gasteiger partial charge in [-0.1, -0.05) is 57.0 Å². The summed E-state index contributed by atoms with van der Waals surface area (Å²) >= 11 is 0. The molecule has 0 radical (unpaired) electrons. The third kappa shape index (κ3) is 7.77. The second-order valence-electron chi connectivity index (χ2n) is 10.4. The Labute approximate surface area is 223 Å². The number of carbonyl (C=O) groups is 5. The first-order chi connectivity index (χ1) is 18.2. The Morgan fingerprint density at radius 1 is 0.974 bits per heavy atom. The Kier molecular flexibility index (Phi) is 10.6. The number of nitrogens with one attached hydrogen (secondary N) is 4. The molecule has 1 aromatic rings. The molecule has 2 aliphatic rings. The first-order valence-corrected chi connectivity index (χ1v) is 13.4. The van der Waals surface area contributed by atoms with Gasteiger partial charge in [-0.3, -0.25) is 29.2 Å². The fourth-order valence-corrected chi connectivity index (χ4v) is 4.98. The number of nitrogens with zero attached hydrogens (tertiary/aromatic N) is 1. The lowest BCUT2D eigenvalue weighted by molar-refractivity contribution is -0.144. The molecule has 0 saturated carbocycles. The molecule has 0 aromatic heterocycles. The Morgan fingerprint density at radius 3 is 2.34 bits per heavy atom. The van der Waals surface area contributed by atoms with E-state index in [0.29, 0.717) is 45.1 Å². The van der Waals surface area contributed by atoms with Gasteiger partial charge in [0.15, 0.2) is 0 Å². The number of hydrogen-bond donors (Lipinski definition) is 5. The summed E-state index contributed by atoms with van der Waals surface area (Å²) in [6.45, 7) is 4.09. The normalized spacial score (nSPS) is 24.6. The first-order valence-electron chi connectivity index (χ1n) is 13.4. The molecule has 3 rings (SSSR count). The highest BCUT2D eigenvalue weighted by molar-refractivity contribution is 5.98. The predicted octanol–water partition coefficient (Wildman–Crippen LogP) is 0.800. The van der Waals surface area contributed by atoms with Crippen molar-refractivity contribution >= 4 is 29.5 Å². The van der Waals surface area contributed by atoms with Crippen LogP contribution in [0.2, 0.25) is 0 Å². The lowest BCUT2D eigenvalue weighted by Crippen LogP contribution is -2.62. The number of carbonyl (C=O) groups excluding carboxylic acids is 5. The average Bonchev–Trinajstić information content (AvgIpc) is 3.40. The molecular weight excluding hydrogens is 490 g/mol. The highest BCUT2D eigenvalue weighted by Crippen LogP contribution is 2.22. The molecule has 0 aliphatic carbocycles. The van der Waals surface area contributed by atoms with Crippen LogP contribution in [0.4, 0.5) is 0 Å². The molecule has 11 nitrogen and oxygen atoms in total. The minimum Gasteiger partial charge on any atom is -0.343 e. The molecule has 38 heavy (non-hydrogen) atoms. The molecule has 4 atom stereocenters. The van der Waals surface area contributed by atoms with Crippen LogP contribution < -0.4 is 21.4 Å².